The predicted molar refractivity (Wildman–Crippen MR) is 190 cm³/mol. The zero-order valence-corrected chi connectivity index (χ0v) is 31.3. The van der Waals surface area contributed by atoms with Crippen LogP contribution in [-0.2, 0) is 38.1 Å². The van der Waals surface area contributed by atoms with Crippen molar-refractivity contribution in [1.82, 2.24) is 0 Å². The summed E-state index contributed by atoms with van der Waals surface area (Å²) in [7, 11) is 2.77. The summed E-state index contributed by atoms with van der Waals surface area (Å²) in [6.45, 7) is 8.78. The van der Waals surface area contributed by atoms with Crippen molar-refractivity contribution in [2.75, 3.05) is 53.9 Å². The summed E-state index contributed by atoms with van der Waals surface area (Å²) >= 11 is 0. The lowest BCUT2D eigenvalue weighted by molar-refractivity contribution is -0.280. The molecule has 14 heteroatoms. The third-order valence-electron chi connectivity index (χ3n) is 9.06. The van der Waals surface area contributed by atoms with E-state index in [0.717, 1.165) is 12.2 Å². The van der Waals surface area contributed by atoms with Crippen molar-refractivity contribution in [2.24, 2.45) is 16.2 Å². The number of ether oxygens (including phenoxy) is 8. The molecule has 0 aliphatic carbocycles. The van der Waals surface area contributed by atoms with Gasteiger partial charge in [0.15, 0.2) is 46.1 Å². The van der Waals surface area contributed by atoms with Crippen LogP contribution >= 0.6 is 0 Å². The van der Waals surface area contributed by atoms with Crippen LogP contribution in [0.15, 0.2) is 48.6 Å². The van der Waals surface area contributed by atoms with Crippen LogP contribution in [0, 0.1) is 16.2 Å². The molecule has 4 rings (SSSR count). The lowest BCUT2D eigenvalue weighted by Gasteiger charge is -2.39. The Kier molecular flexibility index (Phi) is 12.7. The van der Waals surface area contributed by atoms with E-state index in [1.807, 2.05) is 0 Å². The van der Waals surface area contributed by atoms with Crippen LogP contribution in [-0.4, -0.2) is 99.2 Å². The normalized spacial score (nSPS) is 19.1. The standard InChI is InChI=1S/C39H48O14/c1-35(2)48-21-37(5,22-49-35)33(44)52-27-13-9-25(17-29(27)46-7)11-15-31(42)39(19-40,20-41)32(43)16-12-26-10-14-28(30(18-26)47-8)53-34(45)38(6)23-50-36(3,4)51-24-38/h9-18,40-41H,19-24H2,1-8H3/b15-11+,16-12+. The van der Waals surface area contributed by atoms with Gasteiger partial charge in [0.2, 0.25) is 0 Å². The number of rotatable bonds is 14. The molecule has 2 fully saturated rings. The van der Waals surface area contributed by atoms with Crippen molar-refractivity contribution in [3.8, 4) is 23.0 Å². The monoisotopic (exact) mass is 740 g/mol. The van der Waals surface area contributed by atoms with E-state index < -0.39 is 64.5 Å². The van der Waals surface area contributed by atoms with Crippen LogP contribution in [0.4, 0.5) is 0 Å². The first kappa shape index (κ1) is 41.3. The summed E-state index contributed by atoms with van der Waals surface area (Å²) in [6, 6.07) is 9.11. The molecular weight excluding hydrogens is 692 g/mol. The van der Waals surface area contributed by atoms with E-state index in [1.165, 1.54) is 50.6 Å². The molecule has 53 heavy (non-hydrogen) atoms. The zero-order chi connectivity index (χ0) is 39.2. The summed E-state index contributed by atoms with van der Waals surface area (Å²) in [6.07, 6.45) is 4.87. The van der Waals surface area contributed by atoms with E-state index in [2.05, 4.69) is 0 Å². The maximum absolute atomic E-state index is 13.3. The van der Waals surface area contributed by atoms with Crippen molar-refractivity contribution in [2.45, 2.75) is 53.1 Å². The first-order valence-corrected chi connectivity index (χ1v) is 16.9. The Morgan fingerprint density at radius 1 is 0.623 bits per heavy atom. The van der Waals surface area contributed by atoms with Crippen LogP contribution in [0.25, 0.3) is 12.2 Å². The van der Waals surface area contributed by atoms with Crippen molar-refractivity contribution in [1.29, 1.82) is 0 Å². The Morgan fingerprint density at radius 2 is 0.962 bits per heavy atom. The van der Waals surface area contributed by atoms with Crippen LogP contribution in [0.2, 0.25) is 0 Å². The number of carbonyl (C=O) groups is 4. The summed E-state index contributed by atoms with van der Waals surface area (Å²) in [5, 5.41) is 20.4. The van der Waals surface area contributed by atoms with Crippen molar-refractivity contribution >= 4 is 35.7 Å². The van der Waals surface area contributed by atoms with Gasteiger partial charge in [-0.05, 0) is 89.1 Å². The largest absolute Gasteiger partial charge is 0.493 e. The zero-order valence-electron chi connectivity index (χ0n) is 31.3. The van der Waals surface area contributed by atoms with E-state index >= 15 is 0 Å². The highest BCUT2D eigenvalue weighted by molar-refractivity contribution is 6.17. The number of ketones is 2. The molecule has 2 N–H and O–H groups in total. The number of methoxy groups -OCH3 is 2. The number of benzene rings is 2. The minimum Gasteiger partial charge on any atom is -0.493 e. The molecule has 14 nitrogen and oxygen atoms in total. The second-order valence-corrected chi connectivity index (χ2v) is 14.5. The summed E-state index contributed by atoms with van der Waals surface area (Å²) in [5.74, 6) is -3.86. The topological polar surface area (TPSA) is 183 Å². The minimum atomic E-state index is -2.19. The molecule has 0 bridgehead atoms. The van der Waals surface area contributed by atoms with E-state index in [4.69, 9.17) is 37.9 Å². The SMILES string of the molecule is COc1cc(/C=C/C(=O)C(CO)(CO)C(=O)/C=C/c2ccc(OC(=O)C3(C)COC(C)(C)OC3)c(OC)c2)ccc1OC(=O)C1(C)COC(C)(C)OC1. The molecule has 2 aliphatic heterocycles. The van der Waals surface area contributed by atoms with E-state index in [9.17, 15) is 29.4 Å². The number of hydrogen-bond acceptors (Lipinski definition) is 14. The van der Waals surface area contributed by atoms with Gasteiger partial charge in [0.1, 0.15) is 16.2 Å². The molecule has 0 saturated carbocycles. The van der Waals surface area contributed by atoms with Crippen LogP contribution in [0.3, 0.4) is 0 Å². The number of aliphatic hydroxyl groups excluding tert-OH is 2. The van der Waals surface area contributed by atoms with E-state index in [0.29, 0.717) is 11.1 Å². The Balaban J connectivity index is 1.44. The average molecular weight is 741 g/mol. The van der Waals surface area contributed by atoms with Gasteiger partial charge >= 0.3 is 11.9 Å². The second kappa shape index (κ2) is 16.3. The summed E-state index contributed by atoms with van der Waals surface area (Å²) < 4.78 is 44.6. The first-order valence-electron chi connectivity index (χ1n) is 16.9. The van der Waals surface area contributed by atoms with Crippen LogP contribution in [0.1, 0.15) is 52.7 Å². The van der Waals surface area contributed by atoms with Gasteiger partial charge < -0.3 is 48.1 Å². The molecule has 2 saturated heterocycles. The molecule has 0 radical (unpaired) electrons. The highest BCUT2D eigenvalue weighted by Crippen LogP contribution is 2.36. The Hall–Kier alpha value is -4.44. The molecule has 2 aliphatic rings. The highest BCUT2D eigenvalue weighted by Gasteiger charge is 2.45. The summed E-state index contributed by atoms with van der Waals surface area (Å²) in [4.78, 5) is 52.7. The van der Waals surface area contributed by atoms with Gasteiger partial charge in [0, 0.05) is 0 Å². The van der Waals surface area contributed by atoms with Crippen LogP contribution < -0.4 is 18.9 Å². The maximum Gasteiger partial charge on any atom is 0.322 e. The fourth-order valence-electron chi connectivity index (χ4n) is 5.07. The Bertz CT molecular complexity index is 1610. The molecular formula is C39H48O14. The number of allylic oxidation sites excluding steroid dienone is 2. The molecule has 0 aromatic heterocycles. The quantitative estimate of drug-likeness (QED) is 0.123. The number of esters is 2. The highest BCUT2D eigenvalue weighted by atomic mass is 16.7. The lowest BCUT2D eigenvalue weighted by Crippen LogP contribution is -2.50. The molecule has 2 aromatic carbocycles. The number of aliphatic hydroxyl groups is 2. The number of carbonyl (C=O) groups excluding carboxylic acids is 4. The van der Waals surface area contributed by atoms with Gasteiger partial charge in [-0.25, -0.2) is 0 Å². The smallest absolute Gasteiger partial charge is 0.322 e. The van der Waals surface area contributed by atoms with Crippen LogP contribution in [0.5, 0.6) is 23.0 Å². The second-order valence-electron chi connectivity index (χ2n) is 14.5. The fraction of sp³-hybridized carbons (Fsp3) is 0.487. The Labute approximate surface area is 308 Å². The third kappa shape index (κ3) is 9.57. The predicted octanol–water partition coefficient (Wildman–Crippen LogP) is 3.93. The molecule has 2 heterocycles. The van der Waals surface area contributed by atoms with Gasteiger partial charge in [-0.15, -0.1) is 0 Å². The maximum atomic E-state index is 13.3. The van der Waals surface area contributed by atoms with E-state index in [1.54, 1.807) is 53.7 Å². The molecule has 288 valence electrons. The molecule has 0 spiro atoms. The minimum absolute atomic E-state index is 0.0958. The van der Waals surface area contributed by atoms with E-state index in [-0.39, 0.29) is 49.4 Å². The van der Waals surface area contributed by atoms with Crippen molar-refractivity contribution in [3.05, 3.63) is 59.7 Å². The fourth-order valence-corrected chi connectivity index (χ4v) is 5.07. The molecule has 2 aromatic rings. The third-order valence-corrected chi connectivity index (χ3v) is 9.06. The van der Waals surface area contributed by atoms with Crippen molar-refractivity contribution < 1.29 is 67.3 Å². The van der Waals surface area contributed by atoms with Gasteiger partial charge in [-0.3, -0.25) is 19.2 Å². The van der Waals surface area contributed by atoms with Gasteiger partial charge in [-0.1, -0.05) is 24.3 Å². The molecule has 0 unspecified atom stereocenters. The molecule has 0 amide bonds. The lowest BCUT2D eigenvalue weighted by atomic mass is 9.80. The average Bonchev–Trinajstić information content (AvgIpc) is 3.13. The number of hydrogen-bond donors (Lipinski definition) is 2. The van der Waals surface area contributed by atoms with Gasteiger partial charge in [0.05, 0.1) is 53.9 Å². The summed E-state index contributed by atoms with van der Waals surface area (Å²) in [5.41, 5.74) is -3.41. The van der Waals surface area contributed by atoms with Crippen molar-refractivity contribution in [3.63, 3.8) is 0 Å². The van der Waals surface area contributed by atoms with Gasteiger partial charge in [0.25, 0.3) is 0 Å². The Morgan fingerprint density at radius 3 is 1.26 bits per heavy atom. The first-order chi connectivity index (χ1) is 24.8. The van der Waals surface area contributed by atoms with Gasteiger partial charge in [-0.2, -0.15) is 0 Å². The molecule has 0 atom stereocenters.